The molecule has 0 aromatic heterocycles. The van der Waals surface area contributed by atoms with Crippen molar-refractivity contribution in [3.05, 3.63) is 24.8 Å². The van der Waals surface area contributed by atoms with E-state index in [0.29, 0.717) is 0 Å². The summed E-state index contributed by atoms with van der Waals surface area (Å²) in [4.78, 5) is 0. The van der Waals surface area contributed by atoms with Crippen LogP contribution >= 0.6 is 0 Å². The van der Waals surface area contributed by atoms with E-state index in [1.165, 1.54) is 0 Å². The normalized spacial score (nSPS) is 12.2. The van der Waals surface area contributed by atoms with Crippen LogP contribution in [0.3, 0.4) is 0 Å². The van der Waals surface area contributed by atoms with Gasteiger partial charge in [0, 0.05) is 6.54 Å². The van der Waals surface area contributed by atoms with Gasteiger partial charge >= 0.3 is 0 Å². The summed E-state index contributed by atoms with van der Waals surface area (Å²) in [5, 5.41) is 12.3. The Kier molecular flexibility index (Phi) is 6.55. The maximum atomic E-state index is 9.30. The number of rotatable bonds is 7. The summed E-state index contributed by atoms with van der Waals surface area (Å²) in [6.45, 7) is 7.85. The monoisotopic (exact) mass is 183 g/mol. The molecule has 0 saturated heterocycles. The molecule has 0 bridgehead atoms. The standard InChI is InChI=1S/C11H21NO/c1-4-5-6-7-8-9-10-12-11(2,3)13/h4,8-9,12-13H,1,5-7,10H2,2-3H3/b9-8+. The van der Waals surface area contributed by atoms with Crippen molar-refractivity contribution in [3.8, 4) is 0 Å². The molecule has 2 nitrogen and oxygen atoms in total. The first kappa shape index (κ1) is 12.4. The molecule has 0 atom stereocenters. The van der Waals surface area contributed by atoms with Crippen molar-refractivity contribution in [1.82, 2.24) is 5.32 Å². The van der Waals surface area contributed by atoms with E-state index in [1.54, 1.807) is 13.8 Å². The minimum Gasteiger partial charge on any atom is -0.376 e. The van der Waals surface area contributed by atoms with Gasteiger partial charge in [0.25, 0.3) is 0 Å². The number of nitrogens with one attached hydrogen (secondary N) is 1. The van der Waals surface area contributed by atoms with Crippen LogP contribution in [0.2, 0.25) is 0 Å². The first-order valence-corrected chi connectivity index (χ1v) is 4.79. The van der Waals surface area contributed by atoms with Gasteiger partial charge in [-0.15, -0.1) is 6.58 Å². The topological polar surface area (TPSA) is 32.3 Å². The average Bonchev–Trinajstić information content (AvgIpc) is 2.01. The lowest BCUT2D eigenvalue weighted by Crippen LogP contribution is -2.38. The Morgan fingerprint density at radius 1 is 1.31 bits per heavy atom. The fourth-order valence-corrected chi connectivity index (χ4v) is 0.890. The minimum absolute atomic E-state index is 0.720. The molecule has 0 saturated carbocycles. The predicted molar refractivity (Wildman–Crippen MR) is 57.5 cm³/mol. The van der Waals surface area contributed by atoms with Gasteiger partial charge in [0.15, 0.2) is 0 Å². The Morgan fingerprint density at radius 3 is 2.54 bits per heavy atom. The molecule has 0 rings (SSSR count). The molecular weight excluding hydrogens is 162 g/mol. The van der Waals surface area contributed by atoms with Gasteiger partial charge in [0.2, 0.25) is 0 Å². The second-order valence-corrected chi connectivity index (χ2v) is 3.63. The highest BCUT2D eigenvalue weighted by Crippen LogP contribution is 1.97. The third-order valence-electron chi connectivity index (χ3n) is 1.60. The van der Waals surface area contributed by atoms with Crippen molar-refractivity contribution in [1.29, 1.82) is 0 Å². The minimum atomic E-state index is -0.772. The molecule has 0 amide bonds. The first-order valence-electron chi connectivity index (χ1n) is 4.79. The second kappa shape index (κ2) is 6.87. The highest BCUT2D eigenvalue weighted by Gasteiger charge is 2.07. The molecule has 0 aromatic rings. The average molecular weight is 183 g/mol. The lowest BCUT2D eigenvalue weighted by molar-refractivity contribution is 0.0476. The van der Waals surface area contributed by atoms with Gasteiger partial charge in [0.1, 0.15) is 5.72 Å². The fourth-order valence-electron chi connectivity index (χ4n) is 0.890. The van der Waals surface area contributed by atoms with Crippen LogP contribution in [0.4, 0.5) is 0 Å². The van der Waals surface area contributed by atoms with E-state index in [9.17, 15) is 5.11 Å². The van der Waals surface area contributed by atoms with Gasteiger partial charge in [-0.25, -0.2) is 0 Å². The maximum Gasteiger partial charge on any atom is 0.110 e. The van der Waals surface area contributed by atoms with Crippen LogP contribution in [-0.2, 0) is 0 Å². The Morgan fingerprint density at radius 2 is 2.00 bits per heavy atom. The summed E-state index contributed by atoms with van der Waals surface area (Å²) in [5.41, 5.74) is -0.772. The van der Waals surface area contributed by atoms with Crippen molar-refractivity contribution < 1.29 is 5.11 Å². The van der Waals surface area contributed by atoms with E-state index in [4.69, 9.17) is 0 Å². The third-order valence-corrected chi connectivity index (χ3v) is 1.60. The molecule has 0 radical (unpaired) electrons. The largest absolute Gasteiger partial charge is 0.376 e. The maximum absolute atomic E-state index is 9.30. The van der Waals surface area contributed by atoms with Gasteiger partial charge in [-0.05, 0) is 33.1 Å². The molecule has 0 aliphatic heterocycles. The molecule has 0 aliphatic rings. The quantitative estimate of drug-likeness (QED) is 0.360. The van der Waals surface area contributed by atoms with Crippen molar-refractivity contribution >= 4 is 0 Å². The summed E-state index contributed by atoms with van der Waals surface area (Å²) < 4.78 is 0. The summed E-state index contributed by atoms with van der Waals surface area (Å²) >= 11 is 0. The fraction of sp³-hybridized carbons (Fsp3) is 0.636. The van der Waals surface area contributed by atoms with Gasteiger partial charge in [-0.1, -0.05) is 18.2 Å². The molecule has 0 unspecified atom stereocenters. The Balaban J connectivity index is 3.27. The molecule has 0 spiro atoms. The Hall–Kier alpha value is -0.600. The number of unbranched alkanes of at least 4 members (excludes halogenated alkanes) is 2. The number of aliphatic hydroxyl groups is 1. The van der Waals surface area contributed by atoms with Gasteiger partial charge in [0.05, 0.1) is 0 Å². The molecule has 13 heavy (non-hydrogen) atoms. The zero-order valence-corrected chi connectivity index (χ0v) is 8.71. The van der Waals surface area contributed by atoms with Gasteiger partial charge in [-0.3, -0.25) is 5.32 Å². The van der Waals surface area contributed by atoms with E-state index in [0.717, 1.165) is 25.8 Å². The summed E-state index contributed by atoms with van der Waals surface area (Å²) in [6, 6.07) is 0. The van der Waals surface area contributed by atoms with Crippen molar-refractivity contribution in [2.45, 2.75) is 38.8 Å². The number of hydrogen-bond acceptors (Lipinski definition) is 2. The Labute approximate surface area is 81.4 Å². The molecule has 0 heterocycles. The molecule has 2 N–H and O–H groups in total. The number of hydrogen-bond donors (Lipinski definition) is 2. The van der Waals surface area contributed by atoms with Gasteiger partial charge in [-0.2, -0.15) is 0 Å². The molecule has 0 aromatic carbocycles. The lowest BCUT2D eigenvalue weighted by Gasteiger charge is -2.17. The van der Waals surface area contributed by atoms with E-state index in [1.807, 2.05) is 12.2 Å². The van der Waals surface area contributed by atoms with Crippen molar-refractivity contribution in [3.63, 3.8) is 0 Å². The van der Waals surface area contributed by atoms with Crippen LogP contribution in [0, 0.1) is 0 Å². The zero-order chi connectivity index (χ0) is 10.2. The molecule has 2 heteroatoms. The van der Waals surface area contributed by atoms with Crippen molar-refractivity contribution in [2.24, 2.45) is 0 Å². The van der Waals surface area contributed by atoms with Gasteiger partial charge < -0.3 is 5.11 Å². The molecule has 76 valence electrons. The molecule has 0 fully saturated rings. The van der Waals surface area contributed by atoms with E-state index in [2.05, 4.69) is 18.0 Å². The lowest BCUT2D eigenvalue weighted by atomic mass is 10.2. The summed E-state index contributed by atoms with van der Waals surface area (Å²) in [5.74, 6) is 0. The SMILES string of the molecule is C=CCCC/C=C/CNC(C)(C)O. The van der Waals surface area contributed by atoms with Crippen LogP contribution in [0.15, 0.2) is 24.8 Å². The predicted octanol–water partition coefficient (Wildman–Crippen LogP) is 2.22. The highest BCUT2D eigenvalue weighted by molar-refractivity contribution is 4.85. The summed E-state index contributed by atoms with van der Waals surface area (Å²) in [7, 11) is 0. The molecular formula is C11H21NO. The van der Waals surface area contributed by atoms with Crippen molar-refractivity contribution in [2.75, 3.05) is 6.54 Å². The third kappa shape index (κ3) is 11.4. The molecule has 0 aliphatic carbocycles. The van der Waals surface area contributed by atoms with Crippen LogP contribution in [0.5, 0.6) is 0 Å². The van der Waals surface area contributed by atoms with E-state index in [-0.39, 0.29) is 0 Å². The smallest absolute Gasteiger partial charge is 0.110 e. The number of allylic oxidation sites excluding steroid dienone is 2. The zero-order valence-electron chi connectivity index (χ0n) is 8.71. The second-order valence-electron chi connectivity index (χ2n) is 3.63. The van der Waals surface area contributed by atoms with Crippen LogP contribution in [-0.4, -0.2) is 17.4 Å². The van der Waals surface area contributed by atoms with Crippen LogP contribution < -0.4 is 5.32 Å². The van der Waals surface area contributed by atoms with Crippen LogP contribution in [0.25, 0.3) is 0 Å². The first-order chi connectivity index (χ1) is 6.06. The van der Waals surface area contributed by atoms with E-state index >= 15 is 0 Å². The Bertz CT molecular complexity index is 156. The summed E-state index contributed by atoms with van der Waals surface area (Å²) in [6.07, 6.45) is 9.41. The van der Waals surface area contributed by atoms with Crippen LogP contribution in [0.1, 0.15) is 33.1 Å². The highest BCUT2D eigenvalue weighted by atomic mass is 16.3. The van der Waals surface area contributed by atoms with E-state index < -0.39 is 5.72 Å².